The highest BCUT2D eigenvalue weighted by molar-refractivity contribution is 6.30. The van der Waals surface area contributed by atoms with Gasteiger partial charge in [0.25, 0.3) is 0 Å². The number of hydrogen-bond acceptors (Lipinski definition) is 2. The van der Waals surface area contributed by atoms with Gasteiger partial charge in [-0.3, -0.25) is 4.99 Å². The maximum Gasteiger partial charge on any atom is 0.191 e. The van der Waals surface area contributed by atoms with Crippen LogP contribution in [0, 0.1) is 0 Å². The third-order valence-corrected chi connectivity index (χ3v) is 3.75. The second kappa shape index (κ2) is 9.22. The summed E-state index contributed by atoms with van der Waals surface area (Å²) in [4.78, 5) is 4.23. The lowest BCUT2D eigenvalue weighted by Gasteiger charge is -2.19. The van der Waals surface area contributed by atoms with Gasteiger partial charge in [0.15, 0.2) is 5.96 Å². The molecule has 1 aromatic heterocycles. The zero-order chi connectivity index (χ0) is 16.5. The molecule has 0 saturated carbocycles. The molecule has 23 heavy (non-hydrogen) atoms. The molecule has 1 heterocycles. The van der Waals surface area contributed by atoms with Crippen molar-refractivity contribution in [3.8, 4) is 0 Å². The minimum Gasteiger partial charge on any atom is -0.375 e. The van der Waals surface area contributed by atoms with Crippen LogP contribution < -0.4 is 10.6 Å². The molecule has 0 spiro atoms. The van der Waals surface area contributed by atoms with E-state index in [-0.39, 0.29) is 6.10 Å². The molecule has 1 aromatic carbocycles. The Balaban J connectivity index is 1.81. The van der Waals surface area contributed by atoms with E-state index in [4.69, 9.17) is 16.3 Å². The van der Waals surface area contributed by atoms with Gasteiger partial charge in [0.2, 0.25) is 0 Å². The smallest absolute Gasteiger partial charge is 0.191 e. The summed E-state index contributed by atoms with van der Waals surface area (Å²) in [5.41, 5.74) is 1.04. The average Bonchev–Trinajstić information content (AvgIpc) is 3.07. The van der Waals surface area contributed by atoms with E-state index in [1.165, 1.54) is 0 Å². The van der Waals surface area contributed by atoms with Crippen molar-refractivity contribution < 1.29 is 4.74 Å². The third kappa shape index (κ3) is 5.62. The van der Waals surface area contributed by atoms with E-state index in [9.17, 15) is 0 Å². The van der Waals surface area contributed by atoms with Crippen LogP contribution in [0.25, 0.3) is 0 Å². The predicted octanol–water partition coefficient (Wildman–Crippen LogP) is 2.69. The fraction of sp³-hybridized carbons (Fsp3) is 0.353. The van der Waals surface area contributed by atoms with E-state index in [1.54, 1.807) is 14.2 Å². The summed E-state index contributed by atoms with van der Waals surface area (Å²) in [6.45, 7) is 2.29. The van der Waals surface area contributed by atoms with E-state index in [1.807, 2.05) is 48.8 Å². The minimum atomic E-state index is -0.0864. The van der Waals surface area contributed by atoms with Crippen molar-refractivity contribution in [1.29, 1.82) is 0 Å². The van der Waals surface area contributed by atoms with Gasteiger partial charge in [0, 0.05) is 51.2 Å². The molecule has 124 valence electrons. The number of benzene rings is 1. The lowest BCUT2D eigenvalue weighted by Crippen LogP contribution is -2.40. The van der Waals surface area contributed by atoms with Gasteiger partial charge in [-0.15, -0.1) is 0 Å². The number of nitrogens with zero attached hydrogens (tertiary/aromatic N) is 2. The highest BCUT2D eigenvalue weighted by Crippen LogP contribution is 2.19. The Morgan fingerprint density at radius 3 is 2.70 bits per heavy atom. The first-order chi connectivity index (χ1) is 11.2. The number of nitrogens with one attached hydrogen (secondary N) is 2. The van der Waals surface area contributed by atoms with E-state index in [2.05, 4.69) is 20.2 Å². The van der Waals surface area contributed by atoms with Gasteiger partial charge in [-0.2, -0.15) is 0 Å². The lowest BCUT2D eigenvalue weighted by atomic mass is 10.1. The zero-order valence-electron chi connectivity index (χ0n) is 13.5. The Labute approximate surface area is 142 Å². The molecule has 0 aliphatic carbocycles. The van der Waals surface area contributed by atoms with Crippen molar-refractivity contribution in [3.63, 3.8) is 0 Å². The van der Waals surface area contributed by atoms with Crippen LogP contribution in [0.1, 0.15) is 11.7 Å². The predicted molar refractivity (Wildman–Crippen MR) is 95.0 cm³/mol. The summed E-state index contributed by atoms with van der Waals surface area (Å²) in [6.07, 6.45) is 3.99. The Morgan fingerprint density at radius 1 is 1.26 bits per heavy atom. The Bertz CT molecular complexity index is 613. The second-order valence-corrected chi connectivity index (χ2v) is 5.52. The van der Waals surface area contributed by atoms with E-state index in [0.29, 0.717) is 11.6 Å². The molecule has 0 aliphatic heterocycles. The molecule has 1 atom stereocenters. The van der Waals surface area contributed by atoms with Crippen molar-refractivity contribution >= 4 is 17.6 Å². The molecule has 6 heteroatoms. The van der Waals surface area contributed by atoms with E-state index < -0.39 is 0 Å². The topological polar surface area (TPSA) is 50.6 Å². The van der Waals surface area contributed by atoms with Gasteiger partial charge in [-0.05, 0) is 29.8 Å². The fourth-order valence-corrected chi connectivity index (χ4v) is 2.48. The Hall–Kier alpha value is -1.98. The number of aromatic nitrogens is 1. The SMILES string of the molecule is CN=C(NCCn1cccc1)NCC(OC)c1cccc(Cl)c1. The van der Waals surface area contributed by atoms with Crippen LogP contribution in [0.5, 0.6) is 0 Å². The zero-order valence-corrected chi connectivity index (χ0v) is 14.3. The summed E-state index contributed by atoms with van der Waals surface area (Å²) in [7, 11) is 3.45. The minimum absolute atomic E-state index is 0.0864. The molecular formula is C17H23ClN4O. The first-order valence-electron chi connectivity index (χ1n) is 7.56. The maximum atomic E-state index is 6.04. The Morgan fingerprint density at radius 2 is 2.04 bits per heavy atom. The van der Waals surface area contributed by atoms with Crippen molar-refractivity contribution in [1.82, 2.24) is 15.2 Å². The van der Waals surface area contributed by atoms with Gasteiger partial charge >= 0.3 is 0 Å². The fourth-order valence-electron chi connectivity index (χ4n) is 2.28. The van der Waals surface area contributed by atoms with Crippen LogP contribution in [-0.2, 0) is 11.3 Å². The van der Waals surface area contributed by atoms with Gasteiger partial charge in [-0.1, -0.05) is 23.7 Å². The van der Waals surface area contributed by atoms with Crippen LogP contribution in [0.2, 0.25) is 5.02 Å². The lowest BCUT2D eigenvalue weighted by molar-refractivity contribution is 0.106. The van der Waals surface area contributed by atoms with Crippen LogP contribution in [0.15, 0.2) is 53.8 Å². The van der Waals surface area contributed by atoms with Gasteiger partial charge in [0.1, 0.15) is 0 Å². The summed E-state index contributed by atoms with van der Waals surface area (Å²) >= 11 is 6.04. The van der Waals surface area contributed by atoms with Crippen molar-refractivity contribution in [2.45, 2.75) is 12.6 Å². The number of hydrogen-bond donors (Lipinski definition) is 2. The van der Waals surface area contributed by atoms with Crippen LogP contribution in [0.4, 0.5) is 0 Å². The number of halogens is 1. The number of methoxy groups -OCH3 is 1. The standard InChI is InChI=1S/C17H23ClN4O/c1-19-17(20-8-11-22-9-3-4-10-22)21-13-16(23-2)14-6-5-7-15(18)12-14/h3-7,9-10,12,16H,8,11,13H2,1-2H3,(H2,19,20,21). The summed E-state index contributed by atoms with van der Waals surface area (Å²) in [6, 6.07) is 11.7. The van der Waals surface area contributed by atoms with Crippen LogP contribution in [0.3, 0.4) is 0 Å². The summed E-state index contributed by atoms with van der Waals surface area (Å²) in [5.74, 6) is 0.751. The van der Waals surface area contributed by atoms with Crippen LogP contribution in [-0.4, -0.2) is 37.8 Å². The molecule has 0 radical (unpaired) electrons. The molecule has 0 fully saturated rings. The number of aliphatic imine (C=N–C) groups is 1. The highest BCUT2D eigenvalue weighted by atomic mass is 35.5. The quantitative estimate of drug-likeness (QED) is 0.604. The van der Waals surface area contributed by atoms with Gasteiger partial charge in [0.05, 0.1) is 6.10 Å². The summed E-state index contributed by atoms with van der Waals surface area (Å²) < 4.78 is 7.66. The average molecular weight is 335 g/mol. The van der Waals surface area contributed by atoms with Crippen molar-refractivity contribution in [2.24, 2.45) is 4.99 Å². The molecular weight excluding hydrogens is 312 g/mol. The normalized spacial score (nSPS) is 12.9. The molecule has 0 amide bonds. The van der Waals surface area contributed by atoms with E-state index >= 15 is 0 Å². The van der Waals surface area contributed by atoms with Crippen LogP contribution >= 0.6 is 11.6 Å². The number of rotatable bonds is 7. The molecule has 2 aromatic rings. The number of ether oxygens (including phenoxy) is 1. The largest absolute Gasteiger partial charge is 0.375 e. The monoisotopic (exact) mass is 334 g/mol. The highest BCUT2D eigenvalue weighted by Gasteiger charge is 2.11. The first-order valence-corrected chi connectivity index (χ1v) is 7.94. The molecule has 1 unspecified atom stereocenters. The molecule has 0 bridgehead atoms. The van der Waals surface area contributed by atoms with Gasteiger partial charge in [-0.25, -0.2) is 0 Å². The second-order valence-electron chi connectivity index (χ2n) is 5.08. The molecule has 5 nitrogen and oxygen atoms in total. The molecule has 2 rings (SSSR count). The van der Waals surface area contributed by atoms with Gasteiger partial charge < -0.3 is 19.9 Å². The van der Waals surface area contributed by atoms with E-state index in [0.717, 1.165) is 24.6 Å². The maximum absolute atomic E-state index is 6.04. The summed E-state index contributed by atoms with van der Waals surface area (Å²) in [5, 5.41) is 7.27. The Kier molecular flexibility index (Phi) is 6.97. The molecule has 0 saturated heterocycles. The molecule has 2 N–H and O–H groups in total. The first kappa shape index (κ1) is 17.4. The third-order valence-electron chi connectivity index (χ3n) is 3.51. The molecule has 0 aliphatic rings. The van der Waals surface area contributed by atoms with Crippen molar-refractivity contribution in [2.75, 3.05) is 27.2 Å². The number of guanidine groups is 1. The van der Waals surface area contributed by atoms with Crippen molar-refractivity contribution in [3.05, 3.63) is 59.4 Å².